The fraction of sp³-hybridized carbons (Fsp3) is 0. The second-order valence-electron chi connectivity index (χ2n) is 2.59. The van der Waals surface area contributed by atoms with Crippen LogP contribution in [0.15, 0.2) is 40.4 Å². The Morgan fingerprint density at radius 2 is 2.00 bits per heavy atom. The lowest BCUT2D eigenvalue weighted by Crippen LogP contribution is -1.75. The highest BCUT2D eigenvalue weighted by Crippen LogP contribution is 2.31. The molecule has 2 rings (SSSR count). The predicted molar refractivity (Wildman–Crippen MR) is 59.2 cm³/mol. The summed E-state index contributed by atoms with van der Waals surface area (Å²) in [7, 11) is 0. The van der Waals surface area contributed by atoms with Crippen LogP contribution in [0, 0.1) is 0 Å². The number of hydrogen-bond donors (Lipinski definition) is 1. The van der Waals surface area contributed by atoms with Crippen LogP contribution in [0.25, 0.3) is 0 Å². The van der Waals surface area contributed by atoms with Crippen molar-refractivity contribution in [1.82, 2.24) is 10.2 Å². The zero-order valence-electron chi connectivity index (χ0n) is 7.00. The van der Waals surface area contributed by atoms with Gasteiger partial charge in [-0.3, -0.25) is 5.10 Å². The van der Waals surface area contributed by atoms with E-state index in [-0.39, 0.29) is 0 Å². The van der Waals surface area contributed by atoms with Crippen LogP contribution in [-0.4, -0.2) is 10.2 Å². The smallest absolute Gasteiger partial charge is 0.123 e. The van der Waals surface area contributed by atoms with Crippen LogP contribution in [0.2, 0.25) is 10.0 Å². The van der Waals surface area contributed by atoms with E-state index in [9.17, 15) is 0 Å². The quantitative estimate of drug-likeness (QED) is 0.869. The van der Waals surface area contributed by atoms with Crippen molar-refractivity contribution in [3.8, 4) is 0 Å². The number of aromatic amines is 1. The lowest BCUT2D eigenvalue weighted by Gasteiger charge is -1.99. The first kappa shape index (κ1) is 9.90. The third-order valence-corrected chi connectivity index (χ3v) is 3.25. The fourth-order valence-electron chi connectivity index (χ4n) is 0.965. The first-order valence-electron chi connectivity index (χ1n) is 3.88. The molecule has 0 aliphatic carbocycles. The van der Waals surface area contributed by atoms with E-state index in [0.717, 1.165) is 9.92 Å². The molecule has 2 aromatic rings. The number of aromatic nitrogens is 2. The van der Waals surface area contributed by atoms with Gasteiger partial charge in [0.15, 0.2) is 0 Å². The highest BCUT2D eigenvalue weighted by molar-refractivity contribution is 7.99. The van der Waals surface area contributed by atoms with E-state index < -0.39 is 0 Å². The highest BCUT2D eigenvalue weighted by Gasteiger charge is 2.02. The molecule has 0 radical (unpaired) electrons. The van der Waals surface area contributed by atoms with E-state index in [1.54, 1.807) is 12.3 Å². The minimum Gasteiger partial charge on any atom is -0.285 e. The van der Waals surface area contributed by atoms with Crippen LogP contribution >= 0.6 is 35.0 Å². The van der Waals surface area contributed by atoms with Gasteiger partial charge in [0.2, 0.25) is 0 Å². The zero-order valence-corrected chi connectivity index (χ0v) is 9.33. The lowest BCUT2D eigenvalue weighted by atomic mass is 10.4. The maximum atomic E-state index is 5.88. The van der Waals surface area contributed by atoms with Gasteiger partial charge in [-0.15, -0.1) is 0 Å². The Morgan fingerprint density at radius 3 is 2.64 bits per heavy atom. The van der Waals surface area contributed by atoms with E-state index in [2.05, 4.69) is 10.2 Å². The largest absolute Gasteiger partial charge is 0.285 e. The van der Waals surface area contributed by atoms with Crippen LogP contribution in [0.3, 0.4) is 0 Å². The average Bonchev–Trinajstić information content (AvgIpc) is 2.64. The Bertz CT molecular complexity index is 428. The number of rotatable bonds is 2. The summed E-state index contributed by atoms with van der Waals surface area (Å²) in [6.45, 7) is 0. The molecule has 0 saturated heterocycles. The molecule has 0 spiro atoms. The summed E-state index contributed by atoms with van der Waals surface area (Å²) in [6.07, 6.45) is 1.78. The second kappa shape index (κ2) is 4.26. The molecule has 0 saturated carbocycles. The van der Waals surface area contributed by atoms with Gasteiger partial charge in [0.05, 0.1) is 10.0 Å². The predicted octanol–water partition coefficient (Wildman–Crippen LogP) is 3.87. The first-order chi connectivity index (χ1) is 6.75. The summed E-state index contributed by atoms with van der Waals surface area (Å²) in [4.78, 5) is 1.02. The fourth-order valence-corrected chi connectivity index (χ4v) is 2.12. The van der Waals surface area contributed by atoms with Crippen molar-refractivity contribution in [2.45, 2.75) is 9.92 Å². The number of H-pyrrole nitrogens is 1. The van der Waals surface area contributed by atoms with E-state index >= 15 is 0 Å². The molecule has 0 amide bonds. The Morgan fingerprint density at radius 1 is 1.14 bits per heavy atom. The van der Waals surface area contributed by atoms with Crippen molar-refractivity contribution >= 4 is 35.0 Å². The van der Waals surface area contributed by atoms with Gasteiger partial charge in [-0.25, -0.2) is 0 Å². The van der Waals surface area contributed by atoms with Gasteiger partial charge in [-0.05, 0) is 24.3 Å². The standard InChI is InChI=1S/C9H6Cl2N2S/c10-7-2-1-6(5-8(7)11)14-9-3-4-12-13-9/h1-5H,(H,12,13). The molecule has 1 N–H and O–H groups in total. The van der Waals surface area contributed by atoms with E-state index in [1.165, 1.54) is 11.8 Å². The monoisotopic (exact) mass is 244 g/mol. The first-order valence-corrected chi connectivity index (χ1v) is 5.45. The Hall–Kier alpha value is -0.640. The molecule has 1 heterocycles. The van der Waals surface area contributed by atoms with Gasteiger partial charge < -0.3 is 0 Å². The summed E-state index contributed by atoms with van der Waals surface area (Å²) in [5, 5.41) is 8.81. The van der Waals surface area contributed by atoms with Gasteiger partial charge in [0.25, 0.3) is 0 Å². The minimum atomic E-state index is 0.562. The van der Waals surface area contributed by atoms with Crippen molar-refractivity contribution < 1.29 is 0 Å². The molecule has 0 unspecified atom stereocenters. The third-order valence-electron chi connectivity index (χ3n) is 1.59. The van der Waals surface area contributed by atoms with Crippen LogP contribution in [-0.2, 0) is 0 Å². The van der Waals surface area contributed by atoms with Crippen LogP contribution < -0.4 is 0 Å². The molecule has 14 heavy (non-hydrogen) atoms. The van der Waals surface area contributed by atoms with Crippen molar-refractivity contribution in [2.24, 2.45) is 0 Å². The van der Waals surface area contributed by atoms with Crippen LogP contribution in [0.5, 0.6) is 0 Å². The molecule has 0 aliphatic heterocycles. The molecule has 72 valence electrons. The maximum absolute atomic E-state index is 5.88. The second-order valence-corrected chi connectivity index (χ2v) is 4.50. The van der Waals surface area contributed by atoms with Crippen LogP contribution in [0.1, 0.15) is 0 Å². The molecule has 2 nitrogen and oxygen atoms in total. The summed E-state index contributed by atoms with van der Waals surface area (Å²) in [5.41, 5.74) is 0. The molecule has 1 aromatic carbocycles. The Kier molecular flexibility index (Phi) is 3.01. The maximum Gasteiger partial charge on any atom is 0.123 e. The minimum absolute atomic E-state index is 0.562. The molecule has 0 aliphatic rings. The molecule has 0 atom stereocenters. The summed E-state index contributed by atoms with van der Waals surface area (Å²) in [6, 6.07) is 7.41. The Balaban J connectivity index is 2.22. The van der Waals surface area contributed by atoms with Gasteiger partial charge in [-0.1, -0.05) is 35.0 Å². The summed E-state index contributed by atoms with van der Waals surface area (Å²) >= 11 is 13.2. The summed E-state index contributed by atoms with van der Waals surface area (Å²) in [5.74, 6) is 0. The SMILES string of the molecule is Clc1ccc(Sc2cc[nH]n2)cc1Cl. The number of hydrogen-bond acceptors (Lipinski definition) is 2. The molecule has 0 fully saturated rings. The average molecular weight is 245 g/mol. The highest BCUT2D eigenvalue weighted by atomic mass is 35.5. The van der Waals surface area contributed by atoms with Crippen molar-refractivity contribution in [2.75, 3.05) is 0 Å². The van der Waals surface area contributed by atoms with Gasteiger partial charge in [0, 0.05) is 11.1 Å². The molecule has 1 aromatic heterocycles. The lowest BCUT2D eigenvalue weighted by molar-refractivity contribution is 1.00. The Labute approximate surface area is 95.6 Å². The molecular weight excluding hydrogens is 239 g/mol. The van der Waals surface area contributed by atoms with Crippen molar-refractivity contribution in [3.63, 3.8) is 0 Å². The van der Waals surface area contributed by atoms with Crippen molar-refractivity contribution in [3.05, 3.63) is 40.5 Å². The van der Waals surface area contributed by atoms with Gasteiger partial charge in [-0.2, -0.15) is 5.10 Å². The number of nitrogens with one attached hydrogen (secondary N) is 1. The van der Waals surface area contributed by atoms with E-state index in [4.69, 9.17) is 23.2 Å². The number of nitrogens with zero attached hydrogens (tertiary/aromatic N) is 1. The van der Waals surface area contributed by atoms with Gasteiger partial charge in [0.1, 0.15) is 5.03 Å². The van der Waals surface area contributed by atoms with E-state index in [1.807, 2.05) is 18.2 Å². The number of benzene rings is 1. The normalized spacial score (nSPS) is 10.4. The zero-order chi connectivity index (χ0) is 9.97. The van der Waals surface area contributed by atoms with E-state index in [0.29, 0.717) is 10.0 Å². The number of halogens is 2. The topological polar surface area (TPSA) is 28.7 Å². The van der Waals surface area contributed by atoms with Crippen molar-refractivity contribution in [1.29, 1.82) is 0 Å². The molecular formula is C9H6Cl2N2S. The third kappa shape index (κ3) is 2.23. The molecule has 0 bridgehead atoms. The summed E-state index contributed by atoms with van der Waals surface area (Å²) < 4.78 is 0. The van der Waals surface area contributed by atoms with Gasteiger partial charge >= 0.3 is 0 Å². The molecule has 5 heteroatoms. The van der Waals surface area contributed by atoms with Crippen LogP contribution in [0.4, 0.5) is 0 Å².